The zero-order valence-electron chi connectivity index (χ0n) is 14.5. The summed E-state index contributed by atoms with van der Waals surface area (Å²) in [5.41, 5.74) is 4.62. The maximum Gasteiger partial charge on any atom is 0.331 e. The molecule has 0 fully saturated rings. The van der Waals surface area contributed by atoms with Crippen molar-refractivity contribution >= 4 is 5.97 Å². The average Bonchev–Trinajstić information content (AvgIpc) is 2.43. The summed E-state index contributed by atoms with van der Waals surface area (Å²) in [6, 6.07) is 0. The maximum atomic E-state index is 11.4. The van der Waals surface area contributed by atoms with Gasteiger partial charge in [0.05, 0.1) is 0 Å². The number of hydrogen-bond donors (Lipinski definition) is 1. The molecule has 0 radical (unpaired) electrons. The Bertz CT molecular complexity index is 502. The molecule has 2 heteroatoms. The fourth-order valence-electron chi connectivity index (χ4n) is 2.59. The lowest BCUT2D eigenvalue weighted by Crippen LogP contribution is -2.03. The average molecular weight is 302 g/mol. The van der Waals surface area contributed by atoms with Crippen LogP contribution in [0.3, 0.4) is 0 Å². The maximum absolute atomic E-state index is 11.4. The minimum absolute atomic E-state index is 0.453. The van der Waals surface area contributed by atoms with Gasteiger partial charge < -0.3 is 5.11 Å². The highest BCUT2D eigenvalue weighted by Gasteiger charge is 2.10. The van der Waals surface area contributed by atoms with Crippen LogP contribution in [0.1, 0.15) is 66.2 Å². The normalized spacial score (nSPS) is 28.2. The lowest BCUT2D eigenvalue weighted by Gasteiger charge is -2.12. The molecule has 0 aliphatic heterocycles. The van der Waals surface area contributed by atoms with Gasteiger partial charge in [0.15, 0.2) is 0 Å². The molecule has 0 atom stereocenters. The number of carbonyl (C=O) groups is 1. The van der Waals surface area contributed by atoms with Gasteiger partial charge in [0.1, 0.15) is 0 Å². The van der Waals surface area contributed by atoms with Crippen molar-refractivity contribution in [3.05, 3.63) is 46.6 Å². The molecule has 1 aliphatic carbocycles. The third kappa shape index (κ3) is 6.93. The van der Waals surface area contributed by atoms with Crippen molar-refractivity contribution in [1.29, 1.82) is 0 Å². The zero-order chi connectivity index (χ0) is 16.5. The Morgan fingerprint density at radius 1 is 0.955 bits per heavy atom. The Morgan fingerprint density at radius 3 is 2.23 bits per heavy atom. The Balaban J connectivity index is 3.00. The van der Waals surface area contributed by atoms with E-state index in [9.17, 15) is 9.90 Å². The second-order valence-electron chi connectivity index (χ2n) is 6.57. The van der Waals surface area contributed by atoms with Gasteiger partial charge in [-0.25, -0.2) is 4.79 Å². The smallest absolute Gasteiger partial charge is 0.331 e. The summed E-state index contributed by atoms with van der Waals surface area (Å²) in [7, 11) is 0. The SMILES string of the molecule is C/C1=C\C=C(\C(C)C)CC/C(C(=O)O)=C\CC/C(C)=C/CC1. The van der Waals surface area contributed by atoms with Crippen LogP contribution in [0.2, 0.25) is 0 Å². The molecule has 2 nitrogen and oxygen atoms in total. The van der Waals surface area contributed by atoms with E-state index in [4.69, 9.17) is 0 Å². The van der Waals surface area contributed by atoms with Gasteiger partial charge in [-0.05, 0) is 58.3 Å². The molecule has 0 saturated heterocycles. The van der Waals surface area contributed by atoms with Crippen LogP contribution in [0.25, 0.3) is 0 Å². The minimum atomic E-state index is -0.774. The lowest BCUT2D eigenvalue weighted by molar-refractivity contribution is -0.132. The van der Waals surface area contributed by atoms with Crippen molar-refractivity contribution in [2.24, 2.45) is 5.92 Å². The molecular weight excluding hydrogens is 272 g/mol. The largest absolute Gasteiger partial charge is 0.478 e. The number of allylic oxidation sites excluding steroid dienone is 7. The first-order valence-corrected chi connectivity index (χ1v) is 8.34. The van der Waals surface area contributed by atoms with E-state index < -0.39 is 5.97 Å². The Labute approximate surface area is 135 Å². The molecule has 1 rings (SSSR count). The van der Waals surface area contributed by atoms with Crippen molar-refractivity contribution in [2.45, 2.75) is 66.2 Å². The van der Waals surface area contributed by atoms with E-state index in [2.05, 4.69) is 45.9 Å². The predicted molar refractivity (Wildman–Crippen MR) is 93.9 cm³/mol. The van der Waals surface area contributed by atoms with Crippen LogP contribution < -0.4 is 0 Å². The molecule has 122 valence electrons. The molecule has 1 aliphatic rings. The third-order valence-electron chi connectivity index (χ3n) is 4.24. The molecule has 1 N–H and O–H groups in total. The molecule has 0 amide bonds. The minimum Gasteiger partial charge on any atom is -0.478 e. The van der Waals surface area contributed by atoms with Crippen LogP contribution in [-0.2, 0) is 4.79 Å². The number of carboxylic acids is 1. The van der Waals surface area contributed by atoms with E-state index in [-0.39, 0.29) is 0 Å². The number of hydrogen-bond acceptors (Lipinski definition) is 1. The van der Waals surface area contributed by atoms with Crippen LogP contribution in [0.5, 0.6) is 0 Å². The van der Waals surface area contributed by atoms with E-state index in [0.717, 1.165) is 32.1 Å². The summed E-state index contributed by atoms with van der Waals surface area (Å²) in [6.07, 6.45) is 14.0. The van der Waals surface area contributed by atoms with E-state index >= 15 is 0 Å². The predicted octanol–water partition coefficient (Wildman–Crippen LogP) is 5.83. The molecular formula is C20H30O2. The van der Waals surface area contributed by atoms with Crippen molar-refractivity contribution in [2.75, 3.05) is 0 Å². The standard InChI is InChI=1S/C20H30O2/c1-15(2)18-12-11-17(4)8-5-7-16(3)9-6-10-19(14-13-18)20(21)22/h7,10-12,15H,5-6,8-9,13-14H2,1-4H3,(H,21,22)/b16-7+,17-11+,18-12+,19-10+. The molecule has 0 unspecified atom stereocenters. The summed E-state index contributed by atoms with van der Waals surface area (Å²) in [5.74, 6) is -0.322. The van der Waals surface area contributed by atoms with Crippen molar-refractivity contribution in [3.8, 4) is 0 Å². The van der Waals surface area contributed by atoms with Crippen LogP contribution in [0.15, 0.2) is 46.6 Å². The van der Waals surface area contributed by atoms with Gasteiger partial charge in [-0.15, -0.1) is 0 Å². The van der Waals surface area contributed by atoms with Gasteiger partial charge in [-0.2, -0.15) is 0 Å². The molecule has 22 heavy (non-hydrogen) atoms. The number of rotatable bonds is 2. The van der Waals surface area contributed by atoms with Gasteiger partial charge in [0.25, 0.3) is 0 Å². The van der Waals surface area contributed by atoms with Crippen LogP contribution in [-0.4, -0.2) is 11.1 Å². The van der Waals surface area contributed by atoms with Gasteiger partial charge in [0.2, 0.25) is 0 Å². The van der Waals surface area contributed by atoms with E-state index in [0.29, 0.717) is 17.9 Å². The Hall–Kier alpha value is -1.57. The molecule has 0 saturated carbocycles. The summed E-state index contributed by atoms with van der Waals surface area (Å²) < 4.78 is 0. The second kappa shape index (κ2) is 9.45. The van der Waals surface area contributed by atoms with E-state index in [1.807, 2.05) is 6.08 Å². The van der Waals surface area contributed by atoms with Crippen LogP contribution in [0, 0.1) is 5.92 Å². The highest BCUT2D eigenvalue weighted by atomic mass is 16.4. The lowest BCUT2D eigenvalue weighted by atomic mass is 9.94. The molecule has 0 bridgehead atoms. The van der Waals surface area contributed by atoms with Crippen LogP contribution in [0.4, 0.5) is 0 Å². The molecule has 0 aromatic carbocycles. The number of carboxylic acid groups (broad SMARTS) is 1. The fraction of sp³-hybridized carbons (Fsp3) is 0.550. The van der Waals surface area contributed by atoms with Crippen LogP contribution >= 0.6 is 0 Å². The summed E-state index contributed by atoms with van der Waals surface area (Å²) >= 11 is 0. The second-order valence-corrected chi connectivity index (χ2v) is 6.57. The van der Waals surface area contributed by atoms with Gasteiger partial charge in [-0.1, -0.05) is 54.9 Å². The quantitative estimate of drug-likeness (QED) is 0.652. The summed E-state index contributed by atoms with van der Waals surface area (Å²) in [6.45, 7) is 8.66. The summed E-state index contributed by atoms with van der Waals surface area (Å²) in [5, 5.41) is 9.36. The Kier molecular flexibility index (Phi) is 7.94. The fourth-order valence-corrected chi connectivity index (χ4v) is 2.59. The third-order valence-corrected chi connectivity index (χ3v) is 4.24. The topological polar surface area (TPSA) is 37.3 Å². The first kappa shape index (κ1) is 18.5. The van der Waals surface area contributed by atoms with E-state index in [1.165, 1.54) is 16.7 Å². The molecule has 0 heterocycles. The zero-order valence-corrected chi connectivity index (χ0v) is 14.5. The highest BCUT2D eigenvalue weighted by molar-refractivity contribution is 5.86. The molecule has 0 spiro atoms. The number of aliphatic carboxylic acids is 1. The first-order valence-electron chi connectivity index (χ1n) is 8.34. The van der Waals surface area contributed by atoms with Gasteiger partial charge in [0, 0.05) is 5.57 Å². The molecule has 0 aromatic rings. The van der Waals surface area contributed by atoms with Crippen molar-refractivity contribution in [3.63, 3.8) is 0 Å². The first-order chi connectivity index (χ1) is 10.4. The monoisotopic (exact) mass is 302 g/mol. The van der Waals surface area contributed by atoms with Gasteiger partial charge >= 0.3 is 5.97 Å². The summed E-state index contributed by atoms with van der Waals surface area (Å²) in [4.78, 5) is 11.4. The van der Waals surface area contributed by atoms with Crippen molar-refractivity contribution < 1.29 is 9.90 Å². The van der Waals surface area contributed by atoms with Crippen molar-refractivity contribution in [1.82, 2.24) is 0 Å². The Morgan fingerprint density at radius 2 is 1.59 bits per heavy atom. The highest BCUT2D eigenvalue weighted by Crippen LogP contribution is 2.22. The van der Waals surface area contributed by atoms with Gasteiger partial charge in [-0.3, -0.25) is 0 Å². The van der Waals surface area contributed by atoms with E-state index in [1.54, 1.807) is 0 Å². The molecule has 0 aromatic heterocycles.